The van der Waals surface area contributed by atoms with E-state index >= 15 is 0 Å². The Hall–Kier alpha value is -3.52. The fourth-order valence-electron chi connectivity index (χ4n) is 4.78. The number of benzene rings is 1. The molecule has 1 saturated heterocycles. The number of carbonyl (C=O) groups excluding carboxylic acids is 1. The summed E-state index contributed by atoms with van der Waals surface area (Å²) in [5, 5.41) is 3.72. The number of aromatic amines is 1. The maximum absolute atomic E-state index is 13.5. The van der Waals surface area contributed by atoms with Gasteiger partial charge >= 0.3 is 0 Å². The van der Waals surface area contributed by atoms with Crippen LogP contribution in [-0.4, -0.2) is 60.0 Å². The fourth-order valence-corrected chi connectivity index (χ4v) is 4.78. The number of carbonyl (C=O) groups is 1. The predicted octanol–water partition coefficient (Wildman–Crippen LogP) is 2.79. The van der Waals surface area contributed by atoms with E-state index < -0.39 is 5.82 Å². The summed E-state index contributed by atoms with van der Waals surface area (Å²) >= 11 is 0. The van der Waals surface area contributed by atoms with E-state index in [1.54, 1.807) is 25.4 Å². The average molecular weight is 448 g/mol. The van der Waals surface area contributed by atoms with Crippen LogP contribution in [0.4, 0.5) is 10.1 Å². The number of fused-ring (bicyclic) bond motifs is 1. The largest absolute Gasteiger partial charge is 0.368 e. The Morgan fingerprint density at radius 2 is 1.97 bits per heavy atom. The lowest BCUT2D eigenvalue weighted by atomic mass is 10.1. The molecule has 1 aromatic carbocycles. The molecule has 2 aromatic heterocycles. The maximum Gasteiger partial charge on any atom is 0.269 e. The highest BCUT2D eigenvalue weighted by atomic mass is 19.1. The molecule has 5 rings (SSSR count). The number of aromatic nitrogens is 2. The lowest BCUT2D eigenvalue weighted by Crippen LogP contribution is -2.50. The van der Waals surface area contributed by atoms with E-state index in [4.69, 9.17) is 0 Å². The molecule has 0 bridgehead atoms. The van der Waals surface area contributed by atoms with Crippen molar-refractivity contribution in [3.8, 4) is 0 Å². The number of pyridine rings is 2. The van der Waals surface area contributed by atoms with Gasteiger partial charge in [0.15, 0.2) is 0 Å². The molecule has 3 aromatic rings. The molecule has 1 aliphatic heterocycles. The smallest absolute Gasteiger partial charge is 0.269 e. The molecule has 1 atom stereocenters. The van der Waals surface area contributed by atoms with Crippen molar-refractivity contribution < 1.29 is 9.18 Å². The number of H-pyrrole nitrogens is 1. The molecule has 0 radical (unpaired) electrons. The molecule has 1 fully saturated rings. The van der Waals surface area contributed by atoms with Crippen LogP contribution >= 0.6 is 0 Å². The quantitative estimate of drug-likeness (QED) is 0.643. The van der Waals surface area contributed by atoms with E-state index in [0.717, 1.165) is 61.4 Å². The van der Waals surface area contributed by atoms with Crippen LogP contribution in [0.5, 0.6) is 0 Å². The molecule has 1 aliphatic carbocycles. The van der Waals surface area contributed by atoms with Gasteiger partial charge in [0.05, 0.1) is 11.9 Å². The van der Waals surface area contributed by atoms with Crippen molar-refractivity contribution >= 4 is 27.9 Å². The highest BCUT2D eigenvalue weighted by Gasteiger charge is 2.28. The number of halogens is 1. The van der Waals surface area contributed by atoms with Crippen LogP contribution in [0.3, 0.4) is 0 Å². The number of hydrogen-bond acceptors (Lipinski definition) is 5. The number of amides is 1. The second-order valence-corrected chi connectivity index (χ2v) is 8.57. The Balaban J connectivity index is 1.21. The molecule has 0 spiro atoms. The molecule has 1 unspecified atom stereocenters. The minimum atomic E-state index is -0.404. The van der Waals surface area contributed by atoms with E-state index in [1.807, 2.05) is 12.1 Å². The van der Waals surface area contributed by atoms with Crippen LogP contribution in [0.2, 0.25) is 0 Å². The predicted molar refractivity (Wildman–Crippen MR) is 127 cm³/mol. The van der Waals surface area contributed by atoms with Crippen LogP contribution in [0.1, 0.15) is 29.0 Å². The summed E-state index contributed by atoms with van der Waals surface area (Å²) in [6.07, 6.45) is 5.79. The molecule has 1 amide bonds. The normalized spacial score (nSPS) is 19.0. The third-order valence-corrected chi connectivity index (χ3v) is 6.65. The summed E-state index contributed by atoms with van der Waals surface area (Å²) in [4.78, 5) is 36.1. The van der Waals surface area contributed by atoms with Gasteiger partial charge in [0.2, 0.25) is 0 Å². The van der Waals surface area contributed by atoms with Gasteiger partial charge < -0.3 is 15.2 Å². The van der Waals surface area contributed by atoms with Gasteiger partial charge in [-0.1, -0.05) is 12.1 Å². The van der Waals surface area contributed by atoms with Crippen molar-refractivity contribution in [2.75, 3.05) is 38.1 Å². The monoisotopic (exact) mass is 447 g/mol. The number of rotatable bonds is 4. The molecule has 170 valence electrons. The SMILES string of the molecule is CNC(=O)c1ccc(N2CCN(C3CC=C(c4cc5ccc(F)cc5c(=O)[nH]4)C3)CC2)cn1. The first kappa shape index (κ1) is 21.3. The van der Waals surface area contributed by atoms with Crippen molar-refractivity contribution in [2.24, 2.45) is 0 Å². The maximum atomic E-state index is 13.5. The first-order chi connectivity index (χ1) is 16.0. The number of anilines is 1. The summed E-state index contributed by atoms with van der Waals surface area (Å²) < 4.78 is 13.5. The molecular formula is C25H26FN5O2. The zero-order chi connectivity index (χ0) is 22.9. The van der Waals surface area contributed by atoms with Gasteiger partial charge in [-0.25, -0.2) is 9.37 Å². The first-order valence-electron chi connectivity index (χ1n) is 11.2. The molecule has 7 nitrogen and oxygen atoms in total. The minimum Gasteiger partial charge on any atom is -0.368 e. The number of piperazine rings is 1. The number of nitrogens with zero attached hydrogens (tertiary/aromatic N) is 3. The van der Waals surface area contributed by atoms with Crippen LogP contribution in [0.25, 0.3) is 16.3 Å². The molecule has 8 heteroatoms. The Kier molecular flexibility index (Phi) is 5.68. The Morgan fingerprint density at radius 1 is 1.15 bits per heavy atom. The second-order valence-electron chi connectivity index (χ2n) is 8.57. The van der Waals surface area contributed by atoms with Gasteiger partial charge in [-0.15, -0.1) is 0 Å². The zero-order valence-electron chi connectivity index (χ0n) is 18.5. The zero-order valence-corrected chi connectivity index (χ0v) is 18.5. The fraction of sp³-hybridized carbons (Fsp3) is 0.320. The van der Waals surface area contributed by atoms with Crippen molar-refractivity contribution in [1.82, 2.24) is 20.2 Å². The van der Waals surface area contributed by atoms with Gasteiger partial charge in [0.1, 0.15) is 11.5 Å². The summed E-state index contributed by atoms with van der Waals surface area (Å²) in [6.45, 7) is 3.67. The lowest BCUT2D eigenvalue weighted by Gasteiger charge is -2.39. The summed E-state index contributed by atoms with van der Waals surface area (Å²) in [7, 11) is 1.60. The topological polar surface area (TPSA) is 81.3 Å². The molecular weight excluding hydrogens is 421 g/mol. The van der Waals surface area contributed by atoms with E-state index in [-0.39, 0.29) is 11.5 Å². The third kappa shape index (κ3) is 4.26. The van der Waals surface area contributed by atoms with Gasteiger partial charge in [-0.3, -0.25) is 14.5 Å². The van der Waals surface area contributed by atoms with Gasteiger partial charge in [-0.2, -0.15) is 0 Å². The summed E-state index contributed by atoms with van der Waals surface area (Å²) in [5.74, 6) is -0.589. The van der Waals surface area contributed by atoms with Crippen LogP contribution in [0.15, 0.2) is 53.5 Å². The third-order valence-electron chi connectivity index (χ3n) is 6.65. The minimum absolute atomic E-state index is 0.184. The molecule has 3 heterocycles. The molecule has 2 N–H and O–H groups in total. The van der Waals surface area contributed by atoms with Crippen molar-refractivity contribution in [2.45, 2.75) is 18.9 Å². The van der Waals surface area contributed by atoms with E-state index in [2.05, 4.69) is 31.2 Å². The van der Waals surface area contributed by atoms with Crippen LogP contribution in [-0.2, 0) is 0 Å². The van der Waals surface area contributed by atoms with Gasteiger partial charge in [-0.05, 0) is 54.1 Å². The highest BCUT2D eigenvalue weighted by Crippen LogP contribution is 2.31. The van der Waals surface area contributed by atoms with Crippen molar-refractivity contribution in [3.63, 3.8) is 0 Å². The Labute approximate surface area is 190 Å². The Morgan fingerprint density at radius 3 is 2.70 bits per heavy atom. The lowest BCUT2D eigenvalue weighted by molar-refractivity contribution is 0.0958. The standard InChI is InChI=1S/C25H26FN5O2/c1-27-25(33)22-7-6-20(15-28-22)31-10-8-30(9-11-31)19-5-3-17(12-19)23-13-16-2-4-18(26)14-21(16)24(32)29-23/h2-4,6-7,13-15,19H,5,8-12H2,1H3,(H,27,33)(H,29,32). The van der Waals surface area contributed by atoms with Crippen molar-refractivity contribution in [3.05, 3.63) is 76.2 Å². The van der Waals surface area contributed by atoms with E-state index in [0.29, 0.717) is 17.1 Å². The van der Waals surface area contributed by atoms with Crippen molar-refractivity contribution in [1.29, 1.82) is 0 Å². The molecule has 2 aliphatic rings. The van der Waals surface area contributed by atoms with E-state index in [9.17, 15) is 14.0 Å². The summed E-state index contributed by atoms with van der Waals surface area (Å²) in [5.41, 5.74) is 3.15. The van der Waals surface area contributed by atoms with Gasteiger partial charge in [0, 0.05) is 50.3 Å². The van der Waals surface area contributed by atoms with Gasteiger partial charge in [0.25, 0.3) is 11.5 Å². The number of nitrogens with one attached hydrogen (secondary N) is 2. The first-order valence-corrected chi connectivity index (χ1v) is 11.2. The van der Waals surface area contributed by atoms with Crippen LogP contribution in [0, 0.1) is 5.82 Å². The summed E-state index contributed by atoms with van der Waals surface area (Å²) in [6, 6.07) is 10.4. The number of hydrogen-bond donors (Lipinski definition) is 2. The second kappa shape index (κ2) is 8.78. The molecule has 33 heavy (non-hydrogen) atoms. The highest BCUT2D eigenvalue weighted by molar-refractivity contribution is 5.92. The van der Waals surface area contributed by atoms with E-state index in [1.165, 1.54) is 12.1 Å². The Bertz CT molecular complexity index is 1280. The average Bonchev–Trinajstić information content (AvgIpc) is 3.34. The molecule has 0 saturated carbocycles. The van der Waals surface area contributed by atoms with Crippen LogP contribution < -0.4 is 15.8 Å².